The fraction of sp³-hybridized carbons (Fsp3) is 0.150. The molecule has 0 spiro atoms. The number of rotatable bonds is 2. The van der Waals surface area contributed by atoms with Gasteiger partial charge in [0.25, 0.3) is 0 Å². The Bertz CT molecular complexity index is 988. The van der Waals surface area contributed by atoms with Crippen molar-refractivity contribution in [3.8, 4) is 5.75 Å². The molecule has 2 aliphatic rings. The maximum Gasteiger partial charge on any atom is 0.213 e. The van der Waals surface area contributed by atoms with Gasteiger partial charge in [-0.25, -0.2) is 9.40 Å². The van der Waals surface area contributed by atoms with Gasteiger partial charge in [-0.05, 0) is 41.8 Å². The SMILES string of the molecule is Fc1ccc(C2Oc3ccc(Br)cc3C3CC(c4cccs4)=NN32)cc1. The minimum absolute atomic E-state index is 0.100. The van der Waals surface area contributed by atoms with Crippen molar-refractivity contribution in [1.29, 1.82) is 0 Å². The van der Waals surface area contributed by atoms with E-state index < -0.39 is 0 Å². The smallest absolute Gasteiger partial charge is 0.213 e. The molecule has 0 bridgehead atoms. The summed E-state index contributed by atoms with van der Waals surface area (Å²) >= 11 is 5.25. The quantitative estimate of drug-likeness (QED) is 0.507. The van der Waals surface area contributed by atoms with Gasteiger partial charge in [-0.1, -0.05) is 34.1 Å². The second-order valence-electron chi connectivity index (χ2n) is 6.33. The minimum Gasteiger partial charge on any atom is -0.464 e. The second-order valence-corrected chi connectivity index (χ2v) is 8.19. The lowest BCUT2D eigenvalue weighted by atomic mass is 9.98. The van der Waals surface area contributed by atoms with E-state index in [1.54, 1.807) is 23.5 Å². The number of thiophene rings is 1. The Morgan fingerprint density at radius 3 is 2.77 bits per heavy atom. The van der Waals surface area contributed by atoms with Gasteiger partial charge < -0.3 is 4.74 Å². The predicted molar refractivity (Wildman–Crippen MR) is 104 cm³/mol. The zero-order chi connectivity index (χ0) is 17.7. The standard InChI is InChI=1S/C20H14BrFN2OS/c21-13-5-8-18-15(10-13)17-11-16(19-2-1-9-26-19)23-24(17)20(25-18)12-3-6-14(22)7-4-12/h1-10,17,20H,11H2. The van der Waals surface area contributed by atoms with Crippen LogP contribution in [0.4, 0.5) is 4.39 Å². The summed E-state index contributed by atoms with van der Waals surface area (Å²) in [5.74, 6) is 0.598. The molecule has 3 heterocycles. The van der Waals surface area contributed by atoms with Gasteiger partial charge in [0.2, 0.25) is 6.23 Å². The molecule has 26 heavy (non-hydrogen) atoms. The topological polar surface area (TPSA) is 24.8 Å². The first-order valence-electron chi connectivity index (χ1n) is 8.30. The highest BCUT2D eigenvalue weighted by molar-refractivity contribution is 9.10. The molecule has 5 rings (SSSR count). The fourth-order valence-corrected chi connectivity index (χ4v) is 4.60. The number of halogens is 2. The highest BCUT2D eigenvalue weighted by Gasteiger charge is 2.41. The van der Waals surface area contributed by atoms with Crippen LogP contribution in [-0.4, -0.2) is 10.7 Å². The summed E-state index contributed by atoms with van der Waals surface area (Å²) in [5, 5.41) is 8.96. The van der Waals surface area contributed by atoms with Crippen molar-refractivity contribution in [3.05, 3.63) is 86.3 Å². The summed E-state index contributed by atoms with van der Waals surface area (Å²) in [5.41, 5.74) is 3.07. The largest absolute Gasteiger partial charge is 0.464 e. The number of fused-ring (bicyclic) bond motifs is 3. The van der Waals surface area contributed by atoms with Crippen molar-refractivity contribution in [2.24, 2.45) is 5.10 Å². The van der Waals surface area contributed by atoms with Gasteiger partial charge in [0.1, 0.15) is 11.6 Å². The molecule has 6 heteroatoms. The zero-order valence-corrected chi connectivity index (χ0v) is 16.0. The summed E-state index contributed by atoms with van der Waals surface area (Å²) in [6, 6.07) is 16.7. The number of hydrogen-bond acceptors (Lipinski definition) is 4. The van der Waals surface area contributed by atoms with Gasteiger partial charge in [0, 0.05) is 22.0 Å². The van der Waals surface area contributed by atoms with E-state index in [4.69, 9.17) is 9.84 Å². The molecular formula is C20H14BrFN2OS. The van der Waals surface area contributed by atoms with Crippen LogP contribution >= 0.6 is 27.3 Å². The van der Waals surface area contributed by atoms with E-state index >= 15 is 0 Å². The van der Waals surface area contributed by atoms with Crippen LogP contribution < -0.4 is 4.74 Å². The predicted octanol–water partition coefficient (Wildman–Crippen LogP) is 5.89. The first-order valence-corrected chi connectivity index (χ1v) is 9.97. The van der Waals surface area contributed by atoms with E-state index in [1.807, 2.05) is 23.2 Å². The zero-order valence-electron chi connectivity index (χ0n) is 13.6. The summed E-state index contributed by atoms with van der Waals surface area (Å²) in [7, 11) is 0. The Balaban J connectivity index is 1.61. The van der Waals surface area contributed by atoms with Gasteiger partial charge in [-0.2, -0.15) is 5.10 Å². The molecule has 2 aliphatic heterocycles. The van der Waals surface area contributed by atoms with E-state index in [0.717, 1.165) is 33.5 Å². The third kappa shape index (κ3) is 2.64. The molecule has 1 aromatic heterocycles. The molecule has 130 valence electrons. The summed E-state index contributed by atoms with van der Waals surface area (Å²) in [4.78, 5) is 1.17. The van der Waals surface area contributed by atoms with Crippen LogP contribution in [0, 0.1) is 5.82 Å². The Labute approximate surface area is 162 Å². The third-order valence-electron chi connectivity index (χ3n) is 4.71. The van der Waals surface area contributed by atoms with Crippen molar-refractivity contribution >= 4 is 33.0 Å². The normalized spacial score (nSPS) is 21.0. The van der Waals surface area contributed by atoms with Crippen LogP contribution in [0.5, 0.6) is 5.75 Å². The summed E-state index contributed by atoms with van der Waals surface area (Å²) in [6.45, 7) is 0. The fourth-order valence-electron chi connectivity index (χ4n) is 3.50. The lowest BCUT2D eigenvalue weighted by molar-refractivity contribution is -0.0191. The highest BCUT2D eigenvalue weighted by atomic mass is 79.9. The average Bonchev–Trinajstić information content (AvgIpc) is 3.32. The molecule has 3 aromatic rings. The maximum atomic E-state index is 13.4. The van der Waals surface area contributed by atoms with Crippen molar-refractivity contribution in [3.63, 3.8) is 0 Å². The third-order valence-corrected chi connectivity index (χ3v) is 6.12. The number of benzene rings is 2. The summed E-state index contributed by atoms with van der Waals surface area (Å²) in [6.07, 6.45) is 0.456. The number of nitrogens with zero attached hydrogens (tertiary/aromatic N) is 2. The number of hydrazone groups is 1. The van der Waals surface area contributed by atoms with Gasteiger partial charge >= 0.3 is 0 Å². The van der Waals surface area contributed by atoms with Crippen LogP contribution in [0.1, 0.15) is 34.7 Å². The second kappa shape index (κ2) is 6.21. The molecule has 0 radical (unpaired) electrons. The molecule has 3 nitrogen and oxygen atoms in total. The molecular weight excluding hydrogens is 415 g/mol. The van der Waals surface area contributed by atoms with E-state index in [1.165, 1.54) is 17.0 Å². The molecule has 2 aromatic carbocycles. The van der Waals surface area contributed by atoms with Crippen molar-refractivity contribution in [2.75, 3.05) is 0 Å². The first kappa shape index (κ1) is 16.0. The Kier molecular flexibility index (Phi) is 3.83. The van der Waals surface area contributed by atoms with Gasteiger partial charge in [-0.15, -0.1) is 11.3 Å². The van der Waals surface area contributed by atoms with Crippen LogP contribution in [-0.2, 0) is 0 Å². The molecule has 0 amide bonds. The first-order chi connectivity index (χ1) is 12.7. The molecule has 0 N–H and O–H groups in total. The molecule has 0 saturated heterocycles. The summed E-state index contributed by atoms with van der Waals surface area (Å²) < 4.78 is 20.7. The molecule has 2 unspecified atom stereocenters. The lowest BCUT2D eigenvalue weighted by Crippen LogP contribution is -2.33. The van der Waals surface area contributed by atoms with Crippen molar-refractivity contribution in [2.45, 2.75) is 18.7 Å². The van der Waals surface area contributed by atoms with Crippen LogP contribution in [0.15, 0.2) is 69.6 Å². The van der Waals surface area contributed by atoms with Crippen LogP contribution in [0.2, 0.25) is 0 Å². The van der Waals surface area contributed by atoms with Gasteiger partial charge in [0.15, 0.2) is 0 Å². The van der Waals surface area contributed by atoms with E-state index in [0.29, 0.717) is 0 Å². The monoisotopic (exact) mass is 428 g/mol. The molecule has 2 atom stereocenters. The molecule has 0 fully saturated rings. The van der Waals surface area contributed by atoms with Crippen LogP contribution in [0.3, 0.4) is 0 Å². The molecule has 0 aliphatic carbocycles. The van der Waals surface area contributed by atoms with E-state index in [2.05, 4.69) is 33.4 Å². The maximum absolute atomic E-state index is 13.4. The molecule has 0 saturated carbocycles. The van der Waals surface area contributed by atoms with Crippen molar-refractivity contribution in [1.82, 2.24) is 5.01 Å². The Morgan fingerprint density at radius 2 is 2.00 bits per heavy atom. The lowest BCUT2D eigenvalue weighted by Gasteiger charge is -2.38. The Hall–Kier alpha value is -2.18. The minimum atomic E-state index is -0.369. The van der Waals surface area contributed by atoms with Gasteiger partial charge in [-0.3, -0.25) is 0 Å². The highest BCUT2D eigenvalue weighted by Crippen LogP contribution is 2.48. The van der Waals surface area contributed by atoms with Crippen molar-refractivity contribution < 1.29 is 9.13 Å². The Morgan fingerprint density at radius 1 is 1.15 bits per heavy atom. The van der Waals surface area contributed by atoms with Crippen LogP contribution in [0.25, 0.3) is 0 Å². The average molecular weight is 429 g/mol. The van der Waals surface area contributed by atoms with E-state index in [-0.39, 0.29) is 18.1 Å². The number of ether oxygens (including phenoxy) is 1. The van der Waals surface area contributed by atoms with Gasteiger partial charge in [0.05, 0.1) is 16.6 Å². The van der Waals surface area contributed by atoms with E-state index in [9.17, 15) is 4.39 Å². The number of hydrogen-bond donors (Lipinski definition) is 0.